The molecule has 0 aromatic carbocycles. The third-order valence-corrected chi connectivity index (χ3v) is 1.70. The van der Waals surface area contributed by atoms with Gasteiger partial charge in [-0.2, -0.15) is 0 Å². The molecule has 0 heterocycles. The van der Waals surface area contributed by atoms with Crippen molar-refractivity contribution in [2.75, 3.05) is 0 Å². The van der Waals surface area contributed by atoms with Crippen LogP contribution in [0.2, 0.25) is 0 Å². The molecule has 0 rings (SSSR count). The van der Waals surface area contributed by atoms with Crippen LogP contribution in [-0.2, 0) is 0 Å². The Morgan fingerprint density at radius 2 is 1.12 bits per heavy atom. The van der Waals surface area contributed by atoms with Crippen molar-refractivity contribution in [3.8, 4) is 5.81 Å². The molecule has 0 radical (unpaired) electrons. The second-order valence-electron chi connectivity index (χ2n) is 1.16. The minimum atomic E-state index is -5.03. The minimum absolute atomic E-state index is 1.22. The summed E-state index contributed by atoms with van der Waals surface area (Å²) in [6.45, 7) is 0. The Balaban J connectivity index is 4.88. The zero-order valence-corrected chi connectivity index (χ0v) is 7.96. The van der Waals surface area contributed by atoms with Gasteiger partial charge in [-0.05, 0) is 0 Å². The van der Waals surface area contributed by atoms with E-state index in [1.54, 1.807) is 0 Å². The van der Waals surface area contributed by atoms with Crippen LogP contribution in [0.15, 0.2) is 0 Å². The van der Waals surface area contributed by atoms with Crippen LogP contribution in [0.5, 0.6) is 0 Å². The monoisotopic (exact) mass is 232 g/mol. The van der Waals surface area contributed by atoms with E-state index in [0.29, 0.717) is 0 Å². The van der Waals surface area contributed by atoms with Crippen molar-refractivity contribution in [3.63, 3.8) is 0 Å². The Labute approximate surface area is 69.9 Å². The summed E-state index contributed by atoms with van der Waals surface area (Å²) in [4.78, 5) is 0. The van der Waals surface area contributed by atoms with Gasteiger partial charge in [0.15, 0.2) is 0 Å². The quantitative estimate of drug-likeness (QED) is 0.572. The van der Waals surface area contributed by atoms with Crippen molar-refractivity contribution in [1.82, 2.24) is 0 Å². The standard InChI is InChI=1S/CCl5NP/c2-8(3,4,5,6)1-7/q-1. The fourth-order valence-electron chi connectivity index (χ4n) is 0. The molecule has 0 N–H and O–H groups in total. The maximum atomic E-state index is 8.07. The predicted octanol–water partition coefficient (Wildman–Crippen LogP) is 4.33. The predicted molar refractivity (Wildman–Crippen MR) is 41.8 cm³/mol. The molecule has 0 amide bonds. The zero-order valence-electron chi connectivity index (χ0n) is 3.28. The summed E-state index contributed by atoms with van der Waals surface area (Å²) in [7, 11) is 0. The molecule has 0 aliphatic carbocycles. The van der Waals surface area contributed by atoms with E-state index in [2.05, 4.69) is 0 Å². The molecule has 0 aliphatic rings. The average molecular weight is 234 g/mol. The van der Waals surface area contributed by atoms with E-state index < -0.39 is 2.71 Å². The van der Waals surface area contributed by atoms with Crippen molar-refractivity contribution in [2.24, 2.45) is 0 Å². The fourth-order valence-corrected chi connectivity index (χ4v) is 0. The van der Waals surface area contributed by atoms with E-state index in [4.69, 9.17) is 61.5 Å². The summed E-state index contributed by atoms with van der Waals surface area (Å²) >= 11 is 25.3. The van der Waals surface area contributed by atoms with Crippen LogP contribution in [0.25, 0.3) is 0 Å². The summed E-state index contributed by atoms with van der Waals surface area (Å²) in [5.74, 6) is 1.22. The molecule has 0 spiro atoms. The van der Waals surface area contributed by atoms with Crippen LogP contribution in [-0.4, -0.2) is 0 Å². The summed E-state index contributed by atoms with van der Waals surface area (Å²) in [5.41, 5.74) is 0. The van der Waals surface area contributed by atoms with E-state index in [9.17, 15) is 0 Å². The van der Waals surface area contributed by atoms with Gasteiger partial charge in [-0.1, -0.05) is 0 Å². The van der Waals surface area contributed by atoms with Crippen LogP contribution in [0, 0.1) is 11.1 Å². The van der Waals surface area contributed by atoms with Gasteiger partial charge >= 0.3 is 70.0 Å². The molecule has 0 saturated carbocycles. The molecular weight excluding hydrogens is 234 g/mol. The first kappa shape index (κ1) is 9.37. The third-order valence-electron chi connectivity index (χ3n) is 0.189. The van der Waals surface area contributed by atoms with Gasteiger partial charge in [0.2, 0.25) is 0 Å². The molecule has 0 aliphatic heterocycles. The Kier molecular flexibility index (Phi) is 1.76. The van der Waals surface area contributed by atoms with Crippen LogP contribution >= 0.6 is 58.9 Å². The number of halogens is 5. The molecule has 7 heteroatoms. The Hall–Kier alpha value is 1.37. The molecule has 0 aromatic heterocycles. The maximum absolute atomic E-state index is 8.07. The summed E-state index contributed by atoms with van der Waals surface area (Å²) in [6, 6.07) is 0. The van der Waals surface area contributed by atoms with Crippen molar-refractivity contribution in [1.29, 1.82) is 5.26 Å². The van der Waals surface area contributed by atoms with Gasteiger partial charge in [0.25, 0.3) is 0 Å². The number of rotatable bonds is 0. The number of nitriles is 1. The second kappa shape index (κ2) is 1.51. The zero-order chi connectivity index (χ0) is 7.12. The number of nitrogens with zero attached hydrogens (tertiary/aromatic N) is 1. The van der Waals surface area contributed by atoms with E-state index in [-0.39, 0.29) is 0 Å². The van der Waals surface area contributed by atoms with E-state index in [1.165, 1.54) is 5.81 Å². The first-order chi connectivity index (χ1) is 3.04. The van der Waals surface area contributed by atoms with E-state index in [1.807, 2.05) is 0 Å². The van der Waals surface area contributed by atoms with Gasteiger partial charge in [0.05, 0.1) is 0 Å². The Morgan fingerprint density at radius 1 is 1.00 bits per heavy atom. The molecule has 0 saturated heterocycles. The first-order valence-electron chi connectivity index (χ1n) is 1.29. The van der Waals surface area contributed by atoms with Crippen LogP contribution in [0.3, 0.4) is 0 Å². The SMILES string of the molecule is N#C[P-](Cl)(Cl)(Cl)(Cl)Cl. The van der Waals surface area contributed by atoms with E-state index in [0.717, 1.165) is 0 Å². The second-order valence-corrected chi connectivity index (χ2v) is 21.4. The summed E-state index contributed by atoms with van der Waals surface area (Å²) in [5, 5.41) is 8.07. The molecule has 0 unspecified atom stereocenters. The molecule has 50 valence electrons. The van der Waals surface area contributed by atoms with Gasteiger partial charge in [-0.25, -0.2) is 0 Å². The third kappa shape index (κ3) is 7.37. The molecule has 8 heavy (non-hydrogen) atoms. The molecular formula is CCl5NP-. The van der Waals surface area contributed by atoms with Crippen LogP contribution < -0.4 is 0 Å². The topological polar surface area (TPSA) is 23.8 Å². The Bertz CT molecular complexity index is 143. The molecule has 0 atom stereocenters. The number of hydrogen-bond donors (Lipinski definition) is 0. The number of hydrogen-bond acceptors (Lipinski definition) is 1. The van der Waals surface area contributed by atoms with Crippen LogP contribution in [0.1, 0.15) is 0 Å². The van der Waals surface area contributed by atoms with Gasteiger partial charge in [-0.3, -0.25) is 0 Å². The van der Waals surface area contributed by atoms with E-state index >= 15 is 0 Å². The van der Waals surface area contributed by atoms with Gasteiger partial charge in [0, 0.05) is 0 Å². The van der Waals surface area contributed by atoms with Crippen molar-refractivity contribution >= 4 is 58.9 Å². The molecule has 0 fully saturated rings. The van der Waals surface area contributed by atoms with Gasteiger partial charge < -0.3 is 0 Å². The molecule has 0 aromatic rings. The summed E-state index contributed by atoms with van der Waals surface area (Å²) < 4.78 is -5.03. The molecule has 1 nitrogen and oxygen atoms in total. The molecule has 0 bridgehead atoms. The average Bonchev–Trinajstić information content (AvgIpc) is 1.30. The van der Waals surface area contributed by atoms with Gasteiger partial charge in [0.1, 0.15) is 0 Å². The van der Waals surface area contributed by atoms with Gasteiger partial charge in [-0.15, -0.1) is 0 Å². The van der Waals surface area contributed by atoms with Crippen molar-refractivity contribution in [3.05, 3.63) is 0 Å². The van der Waals surface area contributed by atoms with Crippen molar-refractivity contribution in [2.45, 2.75) is 0 Å². The summed E-state index contributed by atoms with van der Waals surface area (Å²) in [6.07, 6.45) is 0. The Morgan fingerprint density at radius 3 is 1.12 bits per heavy atom. The van der Waals surface area contributed by atoms with Crippen molar-refractivity contribution < 1.29 is 0 Å². The fraction of sp³-hybridized carbons (Fsp3) is 0. The van der Waals surface area contributed by atoms with Crippen LogP contribution in [0.4, 0.5) is 0 Å². The first-order valence-corrected chi connectivity index (χ1v) is 8.50. The normalized spacial score (nSPS) is 20.5.